The highest BCUT2D eigenvalue weighted by Crippen LogP contribution is 2.25. The Labute approximate surface area is 121 Å². The van der Waals surface area contributed by atoms with Crippen LogP contribution in [0.25, 0.3) is 0 Å². The van der Waals surface area contributed by atoms with Crippen molar-refractivity contribution in [3.8, 4) is 5.75 Å². The van der Waals surface area contributed by atoms with Crippen LogP contribution in [-0.4, -0.2) is 9.78 Å². The first-order valence-electron chi connectivity index (χ1n) is 6.23. The zero-order valence-electron chi connectivity index (χ0n) is 11.3. The van der Waals surface area contributed by atoms with Crippen LogP contribution in [-0.2, 0) is 26.0 Å². The van der Waals surface area contributed by atoms with Gasteiger partial charge in [-0.2, -0.15) is 5.10 Å². The molecule has 0 fully saturated rings. The highest BCUT2D eigenvalue weighted by molar-refractivity contribution is 6.17. The van der Waals surface area contributed by atoms with Crippen molar-refractivity contribution in [2.75, 3.05) is 0 Å². The van der Waals surface area contributed by atoms with Crippen molar-refractivity contribution in [2.24, 2.45) is 7.05 Å². The first-order chi connectivity index (χ1) is 9.55. The number of aryl methyl sites for hydroxylation is 2. The number of nitrogens with zero attached hydrogens (tertiary/aromatic N) is 2. The Morgan fingerprint density at radius 3 is 2.40 bits per heavy atom. The number of ether oxygens (including phenoxy) is 1. The molecule has 20 heavy (non-hydrogen) atoms. The molecule has 0 aliphatic carbocycles. The lowest BCUT2D eigenvalue weighted by atomic mass is 10.2. The predicted molar refractivity (Wildman–Crippen MR) is 72.8 cm³/mol. The molecular weight excluding hydrogens is 286 g/mol. The normalized spacial score (nSPS) is 10.8. The van der Waals surface area contributed by atoms with E-state index < -0.39 is 17.4 Å². The third-order valence-electron chi connectivity index (χ3n) is 2.97. The summed E-state index contributed by atoms with van der Waals surface area (Å²) < 4.78 is 34.3. The maximum Gasteiger partial charge on any atom is 0.191 e. The first kappa shape index (κ1) is 14.8. The summed E-state index contributed by atoms with van der Waals surface area (Å²) in [6, 6.07) is 4.20. The zero-order valence-corrected chi connectivity index (χ0v) is 12.0. The second kappa shape index (κ2) is 6.22. The number of aromatic nitrogens is 2. The van der Waals surface area contributed by atoms with Crippen molar-refractivity contribution in [3.63, 3.8) is 0 Å². The van der Waals surface area contributed by atoms with Crippen molar-refractivity contribution < 1.29 is 13.5 Å². The van der Waals surface area contributed by atoms with Gasteiger partial charge < -0.3 is 4.74 Å². The van der Waals surface area contributed by atoms with Gasteiger partial charge in [-0.05, 0) is 30.2 Å². The summed E-state index contributed by atoms with van der Waals surface area (Å²) in [7, 11) is 1.77. The Kier molecular flexibility index (Phi) is 4.60. The third-order valence-corrected chi connectivity index (χ3v) is 3.27. The average Bonchev–Trinajstić information content (AvgIpc) is 2.78. The van der Waals surface area contributed by atoms with E-state index in [2.05, 4.69) is 5.10 Å². The fraction of sp³-hybridized carbons (Fsp3) is 0.357. The lowest BCUT2D eigenvalue weighted by Crippen LogP contribution is -2.05. The van der Waals surface area contributed by atoms with Gasteiger partial charge in [0.2, 0.25) is 0 Å². The van der Waals surface area contributed by atoms with Gasteiger partial charge >= 0.3 is 0 Å². The van der Waals surface area contributed by atoms with Crippen LogP contribution in [0, 0.1) is 11.6 Å². The van der Waals surface area contributed by atoms with E-state index in [0.29, 0.717) is 5.56 Å². The Morgan fingerprint density at radius 1 is 1.25 bits per heavy atom. The Balaban J connectivity index is 2.16. The molecule has 0 bridgehead atoms. The summed E-state index contributed by atoms with van der Waals surface area (Å²) in [6.07, 6.45) is 0.793. The standard InChI is InChI=1S/C14H15ClF2N2O/c1-3-10-6-11(19(2)18-10)8-20-14-12(16)4-9(7-15)5-13(14)17/h4-6H,3,7-8H2,1-2H3. The summed E-state index contributed by atoms with van der Waals surface area (Å²) in [4.78, 5) is 0. The van der Waals surface area contributed by atoms with Crippen LogP contribution in [0.15, 0.2) is 18.2 Å². The van der Waals surface area contributed by atoms with Crippen LogP contribution in [0.2, 0.25) is 0 Å². The Hall–Kier alpha value is -1.62. The Morgan fingerprint density at radius 2 is 1.90 bits per heavy atom. The first-order valence-corrected chi connectivity index (χ1v) is 6.77. The topological polar surface area (TPSA) is 27.1 Å². The van der Waals surface area contributed by atoms with E-state index in [0.717, 1.165) is 17.8 Å². The summed E-state index contributed by atoms with van der Waals surface area (Å²) in [5.41, 5.74) is 2.04. The molecule has 2 rings (SSSR count). The summed E-state index contributed by atoms with van der Waals surface area (Å²) in [5.74, 6) is -1.84. The van der Waals surface area contributed by atoms with E-state index in [4.69, 9.17) is 16.3 Å². The number of benzene rings is 1. The molecule has 2 aromatic rings. The number of hydrogen-bond acceptors (Lipinski definition) is 2. The summed E-state index contributed by atoms with van der Waals surface area (Å²) in [5, 5.41) is 4.25. The molecule has 3 nitrogen and oxygen atoms in total. The molecule has 0 unspecified atom stereocenters. The number of hydrogen-bond donors (Lipinski definition) is 0. The molecule has 0 saturated heterocycles. The van der Waals surface area contributed by atoms with E-state index in [9.17, 15) is 8.78 Å². The van der Waals surface area contributed by atoms with Crippen LogP contribution in [0.3, 0.4) is 0 Å². The van der Waals surface area contributed by atoms with Crippen molar-refractivity contribution in [3.05, 3.63) is 46.8 Å². The predicted octanol–water partition coefficient (Wildman–Crippen LogP) is 3.58. The van der Waals surface area contributed by atoms with Crippen LogP contribution in [0.4, 0.5) is 8.78 Å². The molecule has 6 heteroatoms. The van der Waals surface area contributed by atoms with Crippen LogP contribution in [0.5, 0.6) is 5.75 Å². The minimum atomic E-state index is -0.751. The molecule has 1 aromatic heterocycles. The van der Waals surface area contributed by atoms with E-state index >= 15 is 0 Å². The van der Waals surface area contributed by atoms with Crippen molar-refractivity contribution in [2.45, 2.75) is 25.8 Å². The minimum absolute atomic E-state index is 0.0513. The van der Waals surface area contributed by atoms with Gasteiger partial charge in [-0.15, -0.1) is 11.6 Å². The van der Waals surface area contributed by atoms with Crippen LogP contribution in [0.1, 0.15) is 23.9 Å². The molecule has 0 aliphatic heterocycles. The molecule has 108 valence electrons. The van der Waals surface area contributed by atoms with Crippen molar-refractivity contribution >= 4 is 11.6 Å². The lowest BCUT2D eigenvalue weighted by Gasteiger charge is -2.09. The summed E-state index contributed by atoms with van der Waals surface area (Å²) >= 11 is 5.55. The smallest absolute Gasteiger partial charge is 0.191 e. The third kappa shape index (κ3) is 3.10. The fourth-order valence-electron chi connectivity index (χ4n) is 1.85. The molecule has 0 spiro atoms. The SMILES string of the molecule is CCc1cc(COc2c(F)cc(CCl)cc2F)n(C)n1. The highest BCUT2D eigenvalue weighted by Gasteiger charge is 2.14. The van der Waals surface area contributed by atoms with Gasteiger partial charge in [-0.1, -0.05) is 6.92 Å². The van der Waals surface area contributed by atoms with Gasteiger partial charge in [0.1, 0.15) is 6.61 Å². The zero-order chi connectivity index (χ0) is 14.7. The molecule has 0 radical (unpaired) electrons. The van der Waals surface area contributed by atoms with E-state index in [1.165, 1.54) is 12.1 Å². The van der Waals surface area contributed by atoms with Crippen LogP contribution < -0.4 is 4.74 Å². The van der Waals surface area contributed by atoms with E-state index in [1.54, 1.807) is 11.7 Å². The number of rotatable bonds is 5. The van der Waals surface area contributed by atoms with E-state index in [1.807, 2.05) is 13.0 Å². The Bertz CT molecular complexity index is 590. The highest BCUT2D eigenvalue weighted by atomic mass is 35.5. The van der Waals surface area contributed by atoms with Crippen molar-refractivity contribution in [1.29, 1.82) is 0 Å². The quantitative estimate of drug-likeness (QED) is 0.789. The average molecular weight is 301 g/mol. The fourth-order valence-corrected chi connectivity index (χ4v) is 2.01. The van der Waals surface area contributed by atoms with Crippen molar-refractivity contribution in [1.82, 2.24) is 9.78 Å². The molecule has 0 atom stereocenters. The molecule has 0 N–H and O–H groups in total. The molecule has 0 saturated carbocycles. The van der Waals surface area contributed by atoms with E-state index in [-0.39, 0.29) is 12.5 Å². The number of halogens is 3. The molecule has 1 heterocycles. The second-order valence-electron chi connectivity index (χ2n) is 4.42. The largest absolute Gasteiger partial charge is 0.481 e. The lowest BCUT2D eigenvalue weighted by molar-refractivity contribution is 0.265. The summed E-state index contributed by atoms with van der Waals surface area (Å²) in [6.45, 7) is 2.04. The number of alkyl halides is 1. The van der Waals surface area contributed by atoms with Gasteiger partial charge in [-0.25, -0.2) is 8.78 Å². The molecule has 0 amide bonds. The van der Waals surface area contributed by atoms with Gasteiger partial charge in [0.15, 0.2) is 17.4 Å². The second-order valence-corrected chi connectivity index (χ2v) is 4.68. The monoisotopic (exact) mass is 300 g/mol. The molecule has 0 aliphatic rings. The minimum Gasteiger partial charge on any atom is -0.481 e. The molecule has 1 aromatic carbocycles. The maximum absolute atomic E-state index is 13.7. The van der Waals surface area contributed by atoms with Gasteiger partial charge in [-0.3, -0.25) is 4.68 Å². The maximum atomic E-state index is 13.7. The molecular formula is C14H15ClF2N2O. The van der Waals surface area contributed by atoms with Gasteiger partial charge in [0.25, 0.3) is 0 Å². The van der Waals surface area contributed by atoms with Gasteiger partial charge in [0, 0.05) is 12.9 Å². The van der Waals surface area contributed by atoms with Gasteiger partial charge in [0.05, 0.1) is 11.4 Å². The van der Waals surface area contributed by atoms with Crippen LogP contribution >= 0.6 is 11.6 Å².